The van der Waals surface area contributed by atoms with E-state index < -0.39 is 218 Å². The molecule has 0 N–H and O–H groups in total. The SMILES string of the molecule is CCOc1nc2[cH-]c1c(-c1c(F)c(F)c(F)c(F)c1F)c1nc(c(-c3c(F)c(F)c(F)c(F)c3F)c3nc(c(-c4c(F)c(F)c(F)c(F)c4F)c4cnc([cH-]4)c2-c2c(F)c(F)c(F)c(F)c2F)C=C3)C=C1.[Ag+]. The van der Waals surface area contributed by atoms with Crippen LogP contribution in [0, 0.1) is 116 Å². The third-order valence-corrected chi connectivity index (χ3v) is 10.9. The van der Waals surface area contributed by atoms with Crippen molar-refractivity contribution in [3.63, 3.8) is 0 Å². The maximum Gasteiger partial charge on any atom is 1.00 e. The van der Waals surface area contributed by atoms with Crippen LogP contribution in [0.1, 0.15) is 29.7 Å². The zero-order valence-electron chi connectivity index (χ0n) is 34.3. The summed E-state index contributed by atoms with van der Waals surface area (Å²) in [6, 6.07) is 0.844. The van der Waals surface area contributed by atoms with Crippen molar-refractivity contribution in [2.24, 2.45) is 0 Å². The molecule has 0 aliphatic carbocycles. The number of aromatic nitrogens is 4. The van der Waals surface area contributed by atoms with Crippen molar-refractivity contribution < 1.29 is 115 Å². The van der Waals surface area contributed by atoms with Crippen LogP contribution in [0.25, 0.3) is 90.6 Å². The molecule has 2 aliphatic rings. The van der Waals surface area contributed by atoms with Crippen LogP contribution < -0.4 is 4.74 Å². The van der Waals surface area contributed by atoms with Crippen LogP contribution in [0.2, 0.25) is 0 Å². The molecule has 0 amide bonds. The number of rotatable bonds is 6. The molecule has 2 aliphatic heterocycles. The van der Waals surface area contributed by atoms with Gasteiger partial charge in [0.05, 0.1) is 23.6 Å². The zero-order chi connectivity index (χ0) is 51.6. The summed E-state index contributed by atoms with van der Waals surface area (Å²) >= 11 is 0. The third kappa shape index (κ3) is 7.45. The number of fused-ring (bicyclic) bond motifs is 8. The van der Waals surface area contributed by atoms with E-state index in [4.69, 9.17) is 4.74 Å². The van der Waals surface area contributed by atoms with Crippen LogP contribution in [0.3, 0.4) is 0 Å². The summed E-state index contributed by atoms with van der Waals surface area (Å²) in [6.45, 7) is 0.570. The quantitative estimate of drug-likeness (QED) is 0.0546. The molecule has 0 radical (unpaired) electrons. The van der Waals surface area contributed by atoms with E-state index in [0.717, 1.165) is 0 Å². The van der Waals surface area contributed by atoms with Crippen LogP contribution in [0.4, 0.5) is 87.8 Å². The van der Waals surface area contributed by atoms with Crippen LogP contribution in [-0.4, -0.2) is 26.5 Å². The number of benzene rings is 4. The van der Waals surface area contributed by atoms with E-state index in [9.17, 15) is 26.3 Å². The smallest absolute Gasteiger partial charge is 0.520 e. The summed E-state index contributed by atoms with van der Waals surface area (Å²) < 4.78 is 311. The number of halogens is 20. The summed E-state index contributed by atoms with van der Waals surface area (Å²) in [5, 5.41) is -2.02. The molecule has 5 nitrogen and oxygen atoms in total. The summed E-state index contributed by atoms with van der Waals surface area (Å²) in [7, 11) is 0. The van der Waals surface area contributed by atoms with E-state index in [1.54, 1.807) is 0 Å². The normalized spacial score (nSPS) is 12.1. The molecule has 72 heavy (non-hydrogen) atoms. The summed E-state index contributed by atoms with van der Waals surface area (Å²) in [4.78, 5) is 15.6. The Morgan fingerprint density at radius 1 is 0.347 bits per heavy atom. The van der Waals surface area contributed by atoms with Gasteiger partial charge in [-0.2, -0.15) is 0 Å². The van der Waals surface area contributed by atoms with Gasteiger partial charge in [0, 0.05) is 33.6 Å². The van der Waals surface area contributed by atoms with Gasteiger partial charge in [-0.05, 0) is 54.0 Å². The van der Waals surface area contributed by atoms with E-state index >= 15 is 61.5 Å². The standard InChI is InChI=1S/C46H12F20N4O.Ag/c1-2-71-46-11-8-17(70-46)21(25-32(53)40(61)45(66)41(62)33(25)54)16-7-10(9-67-16)18(22-26(47)34(55)42(63)35(56)27(22)48)12-3-5-14(68-12)20(24-30(51)38(59)44(65)39(60)31(24)52)15-6-4-13(69-15)19(11)23-28(49)36(57)43(64)37(58)29(23)50;/h3-9H,2H2,1H3;/q-2;+1. The number of hydrogen-bond donors (Lipinski definition) is 0. The average molecular weight is 1120 g/mol. The summed E-state index contributed by atoms with van der Waals surface area (Å²) in [5.41, 5.74) is -19.8. The minimum Gasteiger partial charge on any atom is -0.520 e. The minimum absolute atomic E-state index is 0. The number of ether oxygens (including phenoxy) is 1. The molecule has 0 saturated heterocycles. The second kappa shape index (κ2) is 18.3. The van der Waals surface area contributed by atoms with Gasteiger partial charge in [-0.15, -0.1) is 17.5 Å². The molecule has 0 spiro atoms. The fourth-order valence-corrected chi connectivity index (χ4v) is 7.76. The van der Waals surface area contributed by atoms with Crippen LogP contribution in [-0.2, 0) is 22.4 Å². The molecule has 0 saturated carbocycles. The molecule has 0 unspecified atom stereocenters. The van der Waals surface area contributed by atoms with Crippen molar-refractivity contribution in [2.75, 3.05) is 6.61 Å². The van der Waals surface area contributed by atoms with Gasteiger partial charge in [-0.1, -0.05) is 16.5 Å². The Kier molecular flexibility index (Phi) is 13.0. The zero-order valence-corrected chi connectivity index (χ0v) is 35.8. The van der Waals surface area contributed by atoms with Gasteiger partial charge in [-0.3, -0.25) is 15.0 Å². The third-order valence-electron chi connectivity index (χ3n) is 10.9. The van der Waals surface area contributed by atoms with Gasteiger partial charge >= 0.3 is 22.4 Å². The first-order valence-electron chi connectivity index (χ1n) is 19.3. The van der Waals surface area contributed by atoms with Crippen molar-refractivity contribution in [1.82, 2.24) is 19.9 Å². The van der Waals surface area contributed by atoms with E-state index in [0.29, 0.717) is 42.6 Å². The second-order valence-electron chi connectivity index (χ2n) is 14.7. The largest absolute Gasteiger partial charge is 1.00 e. The van der Waals surface area contributed by atoms with E-state index in [1.165, 1.54) is 6.92 Å². The van der Waals surface area contributed by atoms with E-state index in [1.807, 2.05) is 0 Å². The van der Waals surface area contributed by atoms with E-state index in [-0.39, 0.29) is 22.4 Å². The average Bonchev–Trinajstić information content (AvgIpc) is 4.21. The van der Waals surface area contributed by atoms with Crippen molar-refractivity contribution >= 4 is 46.1 Å². The second-order valence-corrected chi connectivity index (χ2v) is 14.7. The first-order valence-corrected chi connectivity index (χ1v) is 19.3. The molecular weight excluding hydrogens is 1110 g/mol. The molecule has 26 heteroatoms. The van der Waals surface area contributed by atoms with E-state index in [2.05, 4.69) is 19.9 Å². The molecule has 3 aromatic heterocycles. The monoisotopic (exact) mass is 1120 g/mol. The van der Waals surface area contributed by atoms with Crippen LogP contribution >= 0.6 is 0 Å². The Morgan fingerprint density at radius 2 is 0.653 bits per heavy atom. The minimum atomic E-state index is -2.75. The molecule has 0 fully saturated rings. The first-order chi connectivity index (χ1) is 33.5. The van der Waals surface area contributed by atoms with Crippen LogP contribution in [0.15, 0.2) is 18.3 Å². The Morgan fingerprint density at radius 3 is 1.03 bits per heavy atom. The first kappa shape index (κ1) is 51.0. The maximum absolute atomic E-state index is 16.0. The van der Waals surface area contributed by atoms with Crippen molar-refractivity contribution in [2.45, 2.75) is 6.92 Å². The van der Waals surface area contributed by atoms with Gasteiger partial charge < -0.3 is 9.72 Å². The van der Waals surface area contributed by atoms with Gasteiger partial charge in [0.1, 0.15) is 5.88 Å². The van der Waals surface area contributed by atoms with Crippen molar-refractivity contribution in [1.29, 1.82) is 0 Å². The molecule has 9 rings (SSSR count). The summed E-state index contributed by atoms with van der Waals surface area (Å²) in [5.74, 6) is -54.4. The molecule has 4 aromatic carbocycles. The molecule has 7 aromatic rings. The fraction of sp³-hybridized carbons (Fsp3) is 0.0435. The van der Waals surface area contributed by atoms with Crippen molar-refractivity contribution in [3.8, 4) is 50.4 Å². The Balaban J connectivity index is 0.00000693. The molecule has 374 valence electrons. The topological polar surface area (TPSA) is 60.8 Å². The molecular formula is C46H12AgF20N4O-. The fourth-order valence-electron chi connectivity index (χ4n) is 7.76. The Hall–Kier alpha value is -7.38. The van der Waals surface area contributed by atoms with Gasteiger partial charge in [0.25, 0.3) is 0 Å². The van der Waals surface area contributed by atoms with Crippen molar-refractivity contribution in [3.05, 3.63) is 157 Å². The van der Waals surface area contributed by atoms with Gasteiger partial charge in [0.15, 0.2) is 111 Å². The maximum atomic E-state index is 16.0. The number of hydrogen-bond acceptors (Lipinski definition) is 5. The summed E-state index contributed by atoms with van der Waals surface area (Å²) in [6.07, 6.45) is 2.68. The van der Waals surface area contributed by atoms with Gasteiger partial charge in [0.2, 0.25) is 5.82 Å². The Labute approximate surface area is 401 Å². The molecule has 5 heterocycles. The predicted molar refractivity (Wildman–Crippen MR) is 209 cm³/mol. The molecule has 8 bridgehead atoms. The predicted octanol–water partition coefficient (Wildman–Crippen LogP) is 14.1. The van der Waals surface area contributed by atoms with Crippen LogP contribution in [0.5, 0.6) is 5.88 Å². The Bertz CT molecular complexity index is 3690. The van der Waals surface area contributed by atoms with Gasteiger partial charge in [-0.25, -0.2) is 87.8 Å². The number of nitrogens with zero attached hydrogens (tertiary/aromatic N) is 4. The molecule has 0 atom stereocenters.